The molecule has 0 N–H and O–H groups in total. The smallest absolute Gasteiger partial charge is 0.265 e. The van der Waals surface area contributed by atoms with Gasteiger partial charge < -0.3 is 14.7 Å². The third-order valence-corrected chi connectivity index (χ3v) is 5.96. The van der Waals surface area contributed by atoms with Gasteiger partial charge in [0.15, 0.2) is 0 Å². The Morgan fingerprint density at radius 2 is 1.73 bits per heavy atom. The number of nitrogens with zero attached hydrogens (tertiary/aromatic N) is 6. The molecule has 0 unspecified atom stereocenters. The number of piperazine rings is 1. The first-order valence-corrected chi connectivity index (χ1v) is 10.0. The molecule has 0 bridgehead atoms. The van der Waals surface area contributed by atoms with Crippen LogP contribution in [0.15, 0.2) is 11.6 Å². The van der Waals surface area contributed by atoms with Gasteiger partial charge in [0, 0.05) is 51.0 Å². The zero-order valence-corrected chi connectivity index (χ0v) is 16.1. The molecule has 0 spiro atoms. The van der Waals surface area contributed by atoms with Crippen molar-refractivity contribution in [3.8, 4) is 0 Å². The van der Waals surface area contributed by atoms with Gasteiger partial charge in [0.25, 0.3) is 5.91 Å². The zero-order valence-electron chi connectivity index (χ0n) is 15.3. The van der Waals surface area contributed by atoms with E-state index in [1.807, 2.05) is 24.8 Å². The number of aryl methyl sites for hydroxylation is 2. The Morgan fingerprint density at radius 3 is 2.38 bits per heavy atom. The van der Waals surface area contributed by atoms with Crippen LogP contribution in [0, 0.1) is 13.8 Å². The van der Waals surface area contributed by atoms with Crippen LogP contribution in [0.3, 0.4) is 0 Å². The van der Waals surface area contributed by atoms with Crippen molar-refractivity contribution in [2.75, 3.05) is 49.1 Å². The summed E-state index contributed by atoms with van der Waals surface area (Å²) >= 11 is 1.42. The van der Waals surface area contributed by atoms with Gasteiger partial charge in [-0.2, -0.15) is 4.98 Å². The predicted molar refractivity (Wildman–Crippen MR) is 103 cm³/mol. The summed E-state index contributed by atoms with van der Waals surface area (Å²) < 4.78 is 0. The Kier molecular flexibility index (Phi) is 4.76. The Balaban J connectivity index is 1.45. The fourth-order valence-electron chi connectivity index (χ4n) is 3.55. The first kappa shape index (κ1) is 17.2. The standard InChI is InChI=1S/C18H24N6OS/c1-13-11-15(21-18(20-13)24-5-3-4-6-24)22-7-9-23(10-8-22)17(25)16-14(2)19-12-26-16/h11-12H,3-10H2,1-2H3. The van der Waals surface area contributed by atoms with E-state index < -0.39 is 0 Å². The number of thiazole rings is 1. The van der Waals surface area contributed by atoms with Crippen LogP contribution in [0.1, 0.15) is 33.9 Å². The van der Waals surface area contributed by atoms with Crippen LogP contribution in [0.2, 0.25) is 0 Å². The number of carbonyl (C=O) groups excluding carboxylic acids is 1. The van der Waals surface area contributed by atoms with Gasteiger partial charge >= 0.3 is 0 Å². The molecule has 4 rings (SSSR count). The van der Waals surface area contributed by atoms with E-state index in [0.717, 1.165) is 54.2 Å². The lowest BCUT2D eigenvalue weighted by molar-refractivity contribution is 0.0750. The van der Waals surface area contributed by atoms with E-state index in [4.69, 9.17) is 4.98 Å². The molecule has 0 atom stereocenters. The first-order chi connectivity index (χ1) is 12.6. The van der Waals surface area contributed by atoms with Crippen LogP contribution in [-0.4, -0.2) is 65.0 Å². The maximum absolute atomic E-state index is 12.7. The molecule has 8 heteroatoms. The van der Waals surface area contributed by atoms with Crippen molar-refractivity contribution in [2.24, 2.45) is 0 Å². The van der Waals surface area contributed by atoms with Gasteiger partial charge in [0.2, 0.25) is 5.95 Å². The average Bonchev–Trinajstić information content (AvgIpc) is 3.32. The van der Waals surface area contributed by atoms with Crippen LogP contribution in [0.5, 0.6) is 0 Å². The van der Waals surface area contributed by atoms with Crippen molar-refractivity contribution in [2.45, 2.75) is 26.7 Å². The minimum Gasteiger partial charge on any atom is -0.353 e. The zero-order chi connectivity index (χ0) is 18.1. The minimum absolute atomic E-state index is 0.0984. The third kappa shape index (κ3) is 3.38. The SMILES string of the molecule is Cc1cc(N2CCN(C(=O)c3scnc3C)CC2)nc(N2CCCC2)n1. The van der Waals surface area contributed by atoms with Crippen LogP contribution in [0.25, 0.3) is 0 Å². The molecule has 4 heterocycles. The minimum atomic E-state index is 0.0984. The number of hydrogen-bond donors (Lipinski definition) is 0. The van der Waals surface area contributed by atoms with Crippen LogP contribution >= 0.6 is 11.3 Å². The highest BCUT2D eigenvalue weighted by atomic mass is 32.1. The maximum Gasteiger partial charge on any atom is 0.265 e. The highest BCUT2D eigenvalue weighted by Crippen LogP contribution is 2.23. The molecule has 2 fully saturated rings. The molecule has 0 aromatic carbocycles. The average molecular weight is 372 g/mol. The highest BCUT2D eigenvalue weighted by Gasteiger charge is 2.26. The molecule has 0 radical (unpaired) electrons. The van der Waals surface area contributed by atoms with Crippen molar-refractivity contribution in [1.82, 2.24) is 19.9 Å². The fraction of sp³-hybridized carbons (Fsp3) is 0.556. The van der Waals surface area contributed by atoms with E-state index >= 15 is 0 Å². The van der Waals surface area contributed by atoms with Gasteiger partial charge in [-0.3, -0.25) is 4.79 Å². The lowest BCUT2D eigenvalue weighted by atomic mass is 10.2. The van der Waals surface area contributed by atoms with E-state index in [9.17, 15) is 4.79 Å². The second-order valence-corrected chi connectivity index (χ2v) is 7.76. The van der Waals surface area contributed by atoms with Gasteiger partial charge in [-0.25, -0.2) is 9.97 Å². The second kappa shape index (κ2) is 7.19. The molecule has 0 saturated carbocycles. The van der Waals surface area contributed by atoms with Crippen LogP contribution in [0.4, 0.5) is 11.8 Å². The van der Waals surface area contributed by atoms with Crippen molar-refractivity contribution in [3.05, 3.63) is 27.8 Å². The Morgan fingerprint density at radius 1 is 1.00 bits per heavy atom. The predicted octanol–water partition coefficient (Wildman–Crippen LogP) is 2.11. The topological polar surface area (TPSA) is 65.5 Å². The number of anilines is 2. The normalized spacial score (nSPS) is 17.8. The summed E-state index contributed by atoms with van der Waals surface area (Å²) in [6.07, 6.45) is 2.43. The van der Waals surface area contributed by atoms with Gasteiger partial charge in [-0.05, 0) is 26.7 Å². The molecule has 2 saturated heterocycles. The lowest BCUT2D eigenvalue weighted by Crippen LogP contribution is -2.49. The van der Waals surface area contributed by atoms with Gasteiger partial charge in [-0.1, -0.05) is 0 Å². The summed E-state index contributed by atoms with van der Waals surface area (Å²) in [5, 5.41) is 0. The van der Waals surface area contributed by atoms with Gasteiger partial charge in [0.05, 0.1) is 11.2 Å². The van der Waals surface area contributed by atoms with E-state index in [0.29, 0.717) is 13.1 Å². The second-order valence-electron chi connectivity index (χ2n) is 6.91. The Bertz CT molecular complexity index is 793. The molecule has 2 aliphatic rings. The lowest BCUT2D eigenvalue weighted by Gasteiger charge is -2.35. The molecule has 26 heavy (non-hydrogen) atoms. The largest absolute Gasteiger partial charge is 0.353 e. The van der Waals surface area contributed by atoms with Crippen molar-refractivity contribution in [3.63, 3.8) is 0 Å². The first-order valence-electron chi connectivity index (χ1n) is 9.17. The maximum atomic E-state index is 12.7. The molecular weight excluding hydrogens is 348 g/mol. The fourth-order valence-corrected chi connectivity index (χ4v) is 4.32. The third-order valence-electron chi connectivity index (χ3n) is 5.05. The summed E-state index contributed by atoms with van der Waals surface area (Å²) in [5.74, 6) is 1.91. The molecule has 2 aromatic rings. The van der Waals surface area contributed by atoms with Crippen molar-refractivity contribution < 1.29 is 4.79 Å². The molecular formula is C18H24N6OS. The number of amides is 1. The van der Waals surface area contributed by atoms with E-state index in [-0.39, 0.29) is 5.91 Å². The van der Waals surface area contributed by atoms with E-state index in [2.05, 4.69) is 19.8 Å². The molecule has 0 aliphatic carbocycles. The molecule has 1 amide bonds. The molecule has 2 aromatic heterocycles. The summed E-state index contributed by atoms with van der Waals surface area (Å²) in [7, 11) is 0. The van der Waals surface area contributed by atoms with Crippen LogP contribution < -0.4 is 9.80 Å². The summed E-state index contributed by atoms with van der Waals surface area (Å²) in [6, 6.07) is 2.05. The van der Waals surface area contributed by atoms with Crippen molar-refractivity contribution >= 4 is 29.0 Å². The summed E-state index contributed by atoms with van der Waals surface area (Å²) in [6.45, 7) is 8.99. The summed E-state index contributed by atoms with van der Waals surface area (Å²) in [5.41, 5.74) is 3.56. The van der Waals surface area contributed by atoms with E-state index in [1.165, 1.54) is 24.2 Å². The highest BCUT2D eigenvalue weighted by molar-refractivity contribution is 7.11. The Hall–Kier alpha value is -2.22. The van der Waals surface area contributed by atoms with Gasteiger partial charge in [0.1, 0.15) is 10.7 Å². The number of carbonyl (C=O) groups is 1. The quantitative estimate of drug-likeness (QED) is 0.822. The molecule has 7 nitrogen and oxygen atoms in total. The van der Waals surface area contributed by atoms with Crippen molar-refractivity contribution in [1.29, 1.82) is 0 Å². The van der Waals surface area contributed by atoms with E-state index in [1.54, 1.807) is 5.51 Å². The van der Waals surface area contributed by atoms with Crippen LogP contribution in [-0.2, 0) is 0 Å². The monoisotopic (exact) mass is 372 g/mol. The number of rotatable bonds is 3. The number of hydrogen-bond acceptors (Lipinski definition) is 7. The van der Waals surface area contributed by atoms with Gasteiger partial charge in [-0.15, -0.1) is 11.3 Å². The molecule has 2 aliphatic heterocycles. The Labute approximate surface area is 157 Å². The number of aromatic nitrogens is 3. The summed E-state index contributed by atoms with van der Waals surface area (Å²) in [4.78, 5) is 33.5. The molecule has 138 valence electrons.